The summed E-state index contributed by atoms with van der Waals surface area (Å²) in [6.07, 6.45) is 1.51. The molecule has 0 atom stereocenters. The number of benzene rings is 2. The number of halogens is 3. The maximum absolute atomic E-state index is 12.2. The first-order valence-electron chi connectivity index (χ1n) is 7.83. The van der Waals surface area contributed by atoms with Gasteiger partial charge in [-0.3, -0.25) is 4.79 Å². The molecule has 0 spiro atoms. The van der Waals surface area contributed by atoms with Crippen LogP contribution in [0, 0.1) is 0 Å². The first-order valence-corrected chi connectivity index (χ1v) is 9.38. The van der Waals surface area contributed by atoms with E-state index in [1.165, 1.54) is 20.1 Å². The van der Waals surface area contributed by atoms with Crippen LogP contribution in [0.25, 0.3) is 6.08 Å². The van der Waals surface area contributed by atoms with E-state index in [9.17, 15) is 9.59 Å². The Morgan fingerprint density at radius 2 is 2.04 bits per heavy atom. The molecule has 0 radical (unpaired) electrons. The molecule has 0 aliphatic carbocycles. The first kappa shape index (κ1) is 20.4. The maximum Gasteiger partial charge on any atom is 0.363 e. The molecule has 1 heterocycles. The van der Waals surface area contributed by atoms with Crippen LogP contribution in [0.15, 0.2) is 45.5 Å². The van der Waals surface area contributed by atoms with Gasteiger partial charge < -0.3 is 14.2 Å². The Bertz CT molecular complexity index is 1050. The topological polar surface area (TPSA) is 74.2 Å². The van der Waals surface area contributed by atoms with E-state index in [4.69, 9.17) is 37.4 Å². The number of aliphatic imine (C=N–C) groups is 1. The summed E-state index contributed by atoms with van der Waals surface area (Å²) >= 11 is 15.5. The van der Waals surface area contributed by atoms with Crippen molar-refractivity contribution in [1.29, 1.82) is 0 Å². The predicted octanol–water partition coefficient (Wildman–Crippen LogP) is 5.03. The fourth-order valence-corrected chi connectivity index (χ4v) is 3.34. The van der Waals surface area contributed by atoms with Gasteiger partial charge in [0.15, 0.2) is 17.2 Å². The molecule has 3 rings (SSSR count). The quantitative estimate of drug-likeness (QED) is 0.345. The van der Waals surface area contributed by atoms with Crippen LogP contribution in [-0.4, -0.2) is 24.9 Å². The van der Waals surface area contributed by atoms with E-state index < -0.39 is 11.9 Å². The zero-order valence-corrected chi connectivity index (χ0v) is 17.7. The average Bonchev–Trinajstić information content (AvgIpc) is 2.99. The third-order valence-electron chi connectivity index (χ3n) is 3.60. The number of ether oxygens (including phenoxy) is 3. The number of carbonyl (C=O) groups is 2. The highest BCUT2D eigenvalue weighted by Gasteiger charge is 2.26. The number of methoxy groups -OCH3 is 1. The van der Waals surface area contributed by atoms with E-state index in [-0.39, 0.29) is 22.4 Å². The second kappa shape index (κ2) is 8.34. The van der Waals surface area contributed by atoms with E-state index in [0.717, 1.165) is 0 Å². The lowest BCUT2D eigenvalue weighted by atomic mass is 10.1. The molecule has 2 aromatic rings. The minimum atomic E-state index is -0.634. The second-order valence-corrected chi connectivity index (χ2v) is 7.20. The first-order chi connectivity index (χ1) is 13.3. The molecule has 0 saturated heterocycles. The highest BCUT2D eigenvalue weighted by atomic mass is 79.9. The Kier molecular flexibility index (Phi) is 6.07. The van der Waals surface area contributed by atoms with Gasteiger partial charge in [-0.15, -0.1) is 0 Å². The Balaban J connectivity index is 2.00. The van der Waals surface area contributed by atoms with E-state index >= 15 is 0 Å². The van der Waals surface area contributed by atoms with Crippen molar-refractivity contribution in [3.8, 4) is 11.5 Å². The van der Waals surface area contributed by atoms with Gasteiger partial charge in [0.05, 0.1) is 27.2 Å². The standard InChI is InChI=1S/C19H12BrCl2NO5/c1-9(24)27-17-12(20)6-10(8-15(17)26-2)7-14-19(25)28-18(23-14)11-4-3-5-13(21)16(11)22/h3-8H,1-2H3/b14-7+. The van der Waals surface area contributed by atoms with Crippen LogP contribution >= 0.6 is 39.1 Å². The van der Waals surface area contributed by atoms with E-state index in [1.54, 1.807) is 30.3 Å². The van der Waals surface area contributed by atoms with Gasteiger partial charge in [0.25, 0.3) is 0 Å². The second-order valence-electron chi connectivity index (χ2n) is 5.57. The lowest BCUT2D eigenvalue weighted by molar-refractivity contribution is -0.132. The highest BCUT2D eigenvalue weighted by molar-refractivity contribution is 9.10. The summed E-state index contributed by atoms with van der Waals surface area (Å²) in [5, 5.41) is 0.567. The van der Waals surface area contributed by atoms with Crippen molar-refractivity contribution in [3.63, 3.8) is 0 Å². The number of nitrogens with zero attached hydrogens (tertiary/aromatic N) is 1. The van der Waals surface area contributed by atoms with Crippen molar-refractivity contribution in [3.05, 3.63) is 61.7 Å². The van der Waals surface area contributed by atoms with Crippen molar-refractivity contribution < 1.29 is 23.8 Å². The zero-order valence-electron chi connectivity index (χ0n) is 14.6. The number of hydrogen-bond acceptors (Lipinski definition) is 6. The Hall–Kier alpha value is -2.35. The van der Waals surface area contributed by atoms with E-state index in [1.807, 2.05) is 0 Å². The summed E-state index contributed by atoms with van der Waals surface area (Å²) in [4.78, 5) is 27.7. The third kappa shape index (κ3) is 4.22. The molecule has 9 heteroatoms. The molecule has 0 N–H and O–H groups in total. The van der Waals surface area contributed by atoms with Crippen molar-refractivity contribution in [2.24, 2.45) is 4.99 Å². The van der Waals surface area contributed by atoms with Crippen LogP contribution in [0.2, 0.25) is 10.0 Å². The van der Waals surface area contributed by atoms with Gasteiger partial charge in [0, 0.05) is 6.92 Å². The Morgan fingerprint density at radius 3 is 2.71 bits per heavy atom. The molecule has 0 fully saturated rings. The molecule has 28 heavy (non-hydrogen) atoms. The molecule has 0 aromatic heterocycles. The van der Waals surface area contributed by atoms with Crippen LogP contribution in [0.5, 0.6) is 11.5 Å². The molecular weight excluding hydrogens is 473 g/mol. The number of rotatable bonds is 4. The average molecular weight is 485 g/mol. The summed E-state index contributed by atoms with van der Waals surface area (Å²) in [6.45, 7) is 1.29. The maximum atomic E-state index is 12.2. The largest absolute Gasteiger partial charge is 0.493 e. The van der Waals surface area contributed by atoms with Gasteiger partial charge in [-0.1, -0.05) is 29.3 Å². The van der Waals surface area contributed by atoms with Crippen LogP contribution in [0.4, 0.5) is 0 Å². The van der Waals surface area contributed by atoms with E-state index in [2.05, 4.69) is 20.9 Å². The highest BCUT2D eigenvalue weighted by Crippen LogP contribution is 2.38. The lowest BCUT2D eigenvalue weighted by Gasteiger charge is -2.11. The smallest absolute Gasteiger partial charge is 0.363 e. The number of cyclic esters (lactones) is 1. The summed E-state index contributed by atoms with van der Waals surface area (Å²) < 4.78 is 16.1. The minimum absolute atomic E-state index is 0.0614. The van der Waals surface area contributed by atoms with Crippen molar-refractivity contribution in [1.82, 2.24) is 0 Å². The summed E-state index contributed by atoms with van der Waals surface area (Å²) in [5.41, 5.74) is 1.06. The van der Waals surface area contributed by atoms with Crippen LogP contribution in [0.3, 0.4) is 0 Å². The third-order valence-corrected chi connectivity index (χ3v) is 5.01. The van der Waals surface area contributed by atoms with E-state index in [0.29, 0.717) is 26.4 Å². The van der Waals surface area contributed by atoms with Gasteiger partial charge in [-0.05, 0) is 51.8 Å². The molecule has 2 aromatic carbocycles. The molecule has 1 aliphatic heterocycles. The molecule has 0 amide bonds. The fourth-order valence-electron chi connectivity index (χ4n) is 2.42. The van der Waals surface area contributed by atoms with Gasteiger partial charge >= 0.3 is 11.9 Å². The van der Waals surface area contributed by atoms with Crippen molar-refractivity contribution >= 4 is 63.0 Å². The summed E-state index contributed by atoms with van der Waals surface area (Å²) in [5.74, 6) is -0.514. The molecule has 0 saturated carbocycles. The van der Waals surface area contributed by atoms with Crippen LogP contribution in [-0.2, 0) is 14.3 Å². The molecule has 0 unspecified atom stereocenters. The fraction of sp³-hybridized carbons (Fsp3) is 0.105. The van der Waals surface area contributed by atoms with Crippen LogP contribution < -0.4 is 9.47 Å². The molecule has 1 aliphatic rings. The Labute approximate surface area is 178 Å². The monoisotopic (exact) mass is 483 g/mol. The summed E-state index contributed by atoms with van der Waals surface area (Å²) in [7, 11) is 1.44. The van der Waals surface area contributed by atoms with Gasteiger partial charge in [-0.25, -0.2) is 9.79 Å². The minimum Gasteiger partial charge on any atom is -0.493 e. The predicted molar refractivity (Wildman–Crippen MR) is 109 cm³/mol. The molecule has 144 valence electrons. The van der Waals surface area contributed by atoms with Gasteiger partial charge in [0.2, 0.25) is 5.90 Å². The number of hydrogen-bond donors (Lipinski definition) is 0. The molecule has 0 bridgehead atoms. The van der Waals surface area contributed by atoms with Gasteiger partial charge in [-0.2, -0.15) is 0 Å². The zero-order chi connectivity index (χ0) is 20.4. The lowest BCUT2D eigenvalue weighted by Crippen LogP contribution is -2.06. The summed E-state index contributed by atoms with van der Waals surface area (Å²) in [6, 6.07) is 8.20. The van der Waals surface area contributed by atoms with Gasteiger partial charge in [0.1, 0.15) is 0 Å². The van der Waals surface area contributed by atoms with Crippen molar-refractivity contribution in [2.45, 2.75) is 6.92 Å². The Morgan fingerprint density at radius 1 is 1.29 bits per heavy atom. The molecular formula is C19H12BrCl2NO5. The van der Waals surface area contributed by atoms with Crippen molar-refractivity contribution in [2.75, 3.05) is 7.11 Å². The number of esters is 2. The molecule has 6 nitrogen and oxygen atoms in total. The number of carbonyl (C=O) groups excluding carboxylic acids is 2. The SMILES string of the molecule is COc1cc(/C=C2/N=C(c3cccc(Cl)c3Cl)OC2=O)cc(Br)c1OC(C)=O. The normalized spacial score (nSPS) is 14.7. The van der Waals surface area contributed by atoms with Crippen LogP contribution in [0.1, 0.15) is 18.1 Å².